The molecule has 0 bridgehead atoms. The molecule has 1 aromatic carbocycles. The molecule has 0 saturated carbocycles. The molecule has 0 heterocycles. The van der Waals surface area contributed by atoms with Crippen molar-refractivity contribution < 1.29 is 9.18 Å². The fourth-order valence-electron chi connectivity index (χ4n) is 1.91. The Morgan fingerprint density at radius 2 is 2.10 bits per heavy atom. The highest BCUT2D eigenvalue weighted by Gasteiger charge is 2.06. The minimum atomic E-state index is -0.206. The smallest absolute Gasteiger partial charge is 0.220 e. The van der Waals surface area contributed by atoms with Crippen LogP contribution in [0.15, 0.2) is 18.2 Å². The van der Waals surface area contributed by atoms with E-state index in [0.717, 1.165) is 18.5 Å². The zero-order chi connectivity index (χ0) is 15.0. The van der Waals surface area contributed by atoms with Crippen molar-refractivity contribution in [3.05, 3.63) is 35.1 Å². The summed E-state index contributed by atoms with van der Waals surface area (Å²) in [6.07, 6.45) is 1.32. The minimum Gasteiger partial charge on any atom is -0.352 e. The Hall–Kier alpha value is -1.46. The quantitative estimate of drug-likeness (QED) is 0.710. The summed E-state index contributed by atoms with van der Waals surface area (Å²) in [6.45, 7) is 1.83. The summed E-state index contributed by atoms with van der Waals surface area (Å²) in [7, 11) is 5.66. The lowest BCUT2D eigenvalue weighted by Gasteiger charge is -2.12. The van der Waals surface area contributed by atoms with Crippen molar-refractivity contribution in [2.45, 2.75) is 25.9 Å². The average Bonchev–Trinajstić information content (AvgIpc) is 2.39. The summed E-state index contributed by atoms with van der Waals surface area (Å²) in [6, 6.07) is 4.98. The van der Waals surface area contributed by atoms with Crippen molar-refractivity contribution in [3.63, 3.8) is 0 Å². The molecule has 0 radical (unpaired) electrons. The summed E-state index contributed by atoms with van der Waals surface area (Å²) in [5, 5.41) is 5.86. The number of halogens is 1. The van der Waals surface area contributed by atoms with Gasteiger partial charge in [0.15, 0.2) is 0 Å². The second kappa shape index (κ2) is 8.66. The second-order valence-corrected chi connectivity index (χ2v) is 5.15. The molecule has 0 aliphatic carbocycles. The van der Waals surface area contributed by atoms with Gasteiger partial charge in [-0.25, -0.2) is 4.39 Å². The number of nitrogens with one attached hydrogen (secondary N) is 2. The maximum atomic E-state index is 13.6. The van der Waals surface area contributed by atoms with Crippen LogP contribution in [-0.4, -0.2) is 38.5 Å². The molecular weight excluding hydrogens is 257 g/mol. The number of nitrogens with zero attached hydrogens (tertiary/aromatic N) is 1. The topological polar surface area (TPSA) is 44.4 Å². The number of hydrogen-bond acceptors (Lipinski definition) is 3. The van der Waals surface area contributed by atoms with Gasteiger partial charge in [-0.1, -0.05) is 6.07 Å². The van der Waals surface area contributed by atoms with Crippen LogP contribution in [-0.2, 0) is 17.9 Å². The monoisotopic (exact) mass is 281 g/mol. The van der Waals surface area contributed by atoms with Crippen molar-refractivity contribution in [1.82, 2.24) is 15.5 Å². The maximum absolute atomic E-state index is 13.6. The Kier molecular flexibility index (Phi) is 7.18. The fourth-order valence-corrected chi connectivity index (χ4v) is 1.91. The van der Waals surface area contributed by atoms with Crippen LogP contribution in [0.5, 0.6) is 0 Å². The molecule has 1 rings (SSSR count). The van der Waals surface area contributed by atoms with Crippen LogP contribution in [0.3, 0.4) is 0 Å². The third-order valence-corrected chi connectivity index (χ3v) is 2.92. The molecular formula is C15H24FN3O. The van der Waals surface area contributed by atoms with Gasteiger partial charge in [-0.05, 0) is 51.8 Å². The van der Waals surface area contributed by atoms with Gasteiger partial charge in [0.2, 0.25) is 5.91 Å². The Morgan fingerprint density at radius 3 is 2.75 bits per heavy atom. The lowest BCUT2D eigenvalue weighted by atomic mass is 10.1. The first-order valence-electron chi connectivity index (χ1n) is 6.86. The van der Waals surface area contributed by atoms with Crippen molar-refractivity contribution >= 4 is 5.91 Å². The van der Waals surface area contributed by atoms with Gasteiger partial charge in [0.05, 0.1) is 0 Å². The van der Waals surface area contributed by atoms with Crippen LogP contribution in [0.1, 0.15) is 24.0 Å². The highest BCUT2D eigenvalue weighted by Crippen LogP contribution is 2.12. The lowest BCUT2D eigenvalue weighted by Crippen LogP contribution is -2.24. The largest absolute Gasteiger partial charge is 0.352 e. The third kappa shape index (κ3) is 6.12. The Morgan fingerprint density at radius 1 is 1.35 bits per heavy atom. The molecule has 5 heteroatoms. The standard InChI is InChI=1S/C15H24FN3O/c1-17-8-4-5-15(20)18-10-12-6-7-14(16)13(9-12)11-19(2)3/h6-7,9,17H,4-5,8,10-11H2,1-3H3,(H,18,20). The van der Waals surface area contributed by atoms with E-state index in [1.807, 2.05) is 32.1 Å². The lowest BCUT2D eigenvalue weighted by molar-refractivity contribution is -0.121. The second-order valence-electron chi connectivity index (χ2n) is 5.15. The fraction of sp³-hybridized carbons (Fsp3) is 0.533. The summed E-state index contributed by atoms with van der Waals surface area (Å²) in [5.41, 5.74) is 1.57. The molecule has 0 aromatic heterocycles. The van der Waals surface area contributed by atoms with E-state index >= 15 is 0 Å². The van der Waals surface area contributed by atoms with Gasteiger partial charge in [0.25, 0.3) is 0 Å². The first-order valence-corrected chi connectivity index (χ1v) is 6.86. The molecule has 2 N–H and O–H groups in total. The van der Waals surface area contributed by atoms with E-state index in [4.69, 9.17) is 0 Å². The summed E-state index contributed by atoms with van der Waals surface area (Å²) in [4.78, 5) is 13.5. The number of carbonyl (C=O) groups excluding carboxylic acids is 1. The molecule has 1 amide bonds. The highest BCUT2D eigenvalue weighted by molar-refractivity contribution is 5.75. The van der Waals surface area contributed by atoms with Gasteiger partial charge in [-0.2, -0.15) is 0 Å². The maximum Gasteiger partial charge on any atom is 0.220 e. The first-order chi connectivity index (χ1) is 9.52. The first kappa shape index (κ1) is 16.6. The zero-order valence-electron chi connectivity index (χ0n) is 12.5. The van der Waals surface area contributed by atoms with Crippen molar-refractivity contribution in [2.24, 2.45) is 0 Å². The van der Waals surface area contributed by atoms with E-state index in [1.165, 1.54) is 6.07 Å². The molecule has 0 unspecified atom stereocenters. The Bertz CT molecular complexity index is 435. The predicted molar refractivity (Wildman–Crippen MR) is 78.8 cm³/mol. The number of hydrogen-bond donors (Lipinski definition) is 2. The number of benzene rings is 1. The normalized spacial score (nSPS) is 10.8. The van der Waals surface area contributed by atoms with Crippen molar-refractivity contribution in [3.8, 4) is 0 Å². The predicted octanol–water partition coefficient (Wildman–Crippen LogP) is 1.50. The van der Waals surface area contributed by atoms with Gasteiger partial charge in [-0.3, -0.25) is 4.79 Å². The molecule has 0 aliphatic heterocycles. The average molecular weight is 281 g/mol. The Labute approximate surface area is 120 Å². The Balaban J connectivity index is 2.49. The minimum absolute atomic E-state index is 0.0266. The molecule has 0 fully saturated rings. The zero-order valence-corrected chi connectivity index (χ0v) is 12.5. The van der Waals surface area contributed by atoms with Gasteiger partial charge in [0.1, 0.15) is 5.82 Å². The van der Waals surface area contributed by atoms with E-state index in [2.05, 4.69) is 10.6 Å². The number of amides is 1. The number of rotatable bonds is 8. The van der Waals surface area contributed by atoms with Crippen LogP contribution >= 0.6 is 0 Å². The van der Waals surface area contributed by atoms with Gasteiger partial charge >= 0.3 is 0 Å². The molecule has 4 nitrogen and oxygen atoms in total. The van der Waals surface area contributed by atoms with Crippen LogP contribution in [0.2, 0.25) is 0 Å². The van der Waals surface area contributed by atoms with Crippen LogP contribution in [0.25, 0.3) is 0 Å². The summed E-state index contributed by atoms with van der Waals surface area (Å²) < 4.78 is 13.6. The molecule has 0 atom stereocenters. The molecule has 1 aromatic rings. The van der Waals surface area contributed by atoms with Crippen LogP contribution in [0.4, 0.5) is 4.39 Å². The van der Waals surface area contributed by atoms with E-state index < -0.39 is 0 Å². The molecule has 0 aliphatic rings. The molecule has 0 saturated heterocycles. The SMILES string of the molecule is CNCCCC(=O)NCc1ccc(F)c(CN(C)C)c1. The van der Waals surface area contributed by atoms with Crippen LogP contribution in [0, 0.1) is 5.82 Å². The van der Waals surface area contributed by atoms with Gasteiger partial charge in [-0.15, -0.1) is 0 Å². The van der Waals surface area contributed by atoms with E-state index in [0.29, 0.717) is 25.1 Å². The van der Waals surface area contributed by atoms with Gasteiger partial charge in [0, 0.05) is 25.1 Å². The van der Waals surface area contributed by atoms with Gasteiger partial charge < -0.3 is 15.5 Å². The third-order valence-electron chi connectivity index (χ3n) is 2.92. The summed E-state index contributed by atoms with van der Waals surface area (Å²) in [5.74, 6) is -0.179. The van der Waals surface area contributed by atoms with E-state index in [9.17, 15) is 9.18 Å². The highest BCUT2D eigenvalue weighted by atomic mass is 19.1. The number of carbonyl (C=O) groups is 1. The van der Waals surface area contributed by atoms with E-state index in [-0.39, 0.29) is 11.7 Å². The van der Waals surface area contributed by atoms with Crippen molar-refractivity contribution in [2.75, 3.05) is 27.7 Å². The molecule has 0 spiro atoms. The van der Waals surface area contributed by atoms with E-state index in [1.54, 1.807) is 6.07 Å². The molecule has 112 valence electrons. The summed E-state index contributed by atoms with van der Waals surface area (Å²) >= 11 is 0. The van der Waals surface area contributed by atoms with Crippen LogP contribution < -0.4 is 10.6 Å². The van der Waals surface area contributed by atoms with Crippen molar-refractivity contribution in [1.29, 1.82) is 0 Å². The molecule has 20 heavy (non-hydrogen) atoms.